The van der Waals surface area contributed by atoms with Crippen molar-refractivity contribution in [1.82, 2.24) is 15.4 Å². The minimum atomic E-state index is -0.0216. The monoisotopic (exact) mass is 251 g/mol. The van der Waals surface area contributed by atoms with E-state index in [0.717, 1.165) is 43.8 Å². The number of carbonyl (C=O) groups is 1. The Morgan fingerprint density at radius 3 is 3.11 bits per heavy atom. The molecule has 1 saturated heterocycles. The first-order valence-corrected chi connectivity index (χ1v) is 6.65. The van der Waals surface area contributed by atoms with Crippen LogP contribution in [0.4, 0.5) is 0 Å². The molecule has 1 N–H and O–H groups in total. The van der Waals surface area contributed by atoms with E-state index in [1.165, 1.54) is 0 Å². The van der Waals surface area contributed by atoms with Crippen LogP contribution in [0.5, 0.6) is 0 Å². The highest BCUT2D eigenvalue weighted by molar-refractivity contribution is 5.82. The molecule has 2 rings (SSSR count). The van der Waals surface area contributed by atoms with Crippen LogP contribution in [0, 0.1) is 6.92 Å². The predicted molar refractivity (Wildman–Crippen MR) is 68.0 cm³/mol. The van der Waals surface area contributed by atoms with E-state index in [0.29, 0.717) is 6.54 Å². The molecule has 0 saturated carbocycles. The second-order valence-electron chi connectivity index (χ2n) is 4.84. The number of piperidine rings is 1. The van der Waals surface area contributed by atoms with E-state index in [1.54, 1.807) is 0 Å². The maximum atomic E-state index is 12.2. The highest BCUT2D eigenvalue weighted by Crippen LogP contribution is 2.15. The van der Waals surface area contributed by atoms with Crippen LogP contribution >= 0.6 is 0 Å². The second-order valence-corrected chi connectivity index (χ2v) is 4.84. The van der Waals surface area contributed by atoms with Gasteiger partial charge >= 0.3 is 0 Å². The van der Waals surface area contributed by atoms with Crippen LogP contribution in [-0.2, 0) is 11.3 Å². The molecule has 1 fully saturated rings. The van der Waals surface area contributed by atoms with Crippen LogP contribution in [0.15, 0.2) is 10.6 Å². The van der Waals surface area contributed by atoms with Crippen molar-refractivity contribution in [3.63, 3.8) is 0 Å². The number of nitrogens with zero attached hydrogens (tertiary/aromatic N) is 2. The summed E-state index contributed by atoms with van der Waals surface area (Å²) in [4.78, 5) is 14.1. The molecule has 18 heavy (non-hydrogen) atoms. The molecule has 2 heterocycles. The third-order valence-electron chi connectivity index (χ3n) is 3.20. The van der Waals surface area contributed by atoms with Crippen molar-refractivity contribution < 1.29 is 9.32 Å². The zero-order valence-electron chi connectivity index (χ0n) is 11.1. The lowest BCUT2D eigenvalue weighted by Gasteiger charge is -2.32. The molecule has 0 bridgehead atoms. The summed E-state index contributed by atoms with van der Waals surface area (Å²) in [6.07, 6.45) is 3.03. The zero-order valence-corrected chi connectivity index (χ0v) is 11.1. The summed E-state index contributed by atoms with van der Waals surface area (Å²) in [6.45, 7) is 6.24. The summed E-state index contributed by atoms with van der Waals surface area (Å²) in [6, 6.07) is 1.86. The zero-order chi connectivity index (χ0) is 13.0. The molecule has 1 aromatic heterocycles. The van der Waals surface area contributed by atoms with Gasteiger partial charge in [0, 0.05) is 12.6 Å². The predicted octanol–water partition coefficient (Wildman–Crippen LogP) is 1.47. The summed E-state index contributed by atoms with van der Waals surface area (Å²) in [5, 5.41) is 7.25. The van der Waals surface area contributed by atoms with Gasteiger partial charge in [-0.05, 0) is 32.7 Å². The van der Waals surface area contributed by atoms with Crippen molar-refractivity contribution in [2.24, 2.45) is 0 Å². The van der Waals surface area contributed by atoms with Gasteiger partial charge in [-0.25, -0.2) is 0 Å². The van der Waals surface area contributed by atoms with E-state index in [4.69, 9.17) is 4.52 Å². The number of hydrogen-bond acceptors (Lipinski definition) is 4. The molecule has 5 heteroatoms. The Hall–Kier alpha value is -1.36. The summed E-state index contributed by atoms with van der Waals surface area (Å²) in [5.41, 5.74) is 0.831. The van der Waals surface area contributed by atoms with Gasteiger partial charge in [-0.3, -0.25) is 4.79 Å². The van der Waals surface area contributed by atoms with Gasteiger partial charge in [-0.2, -0.15) is 0 Å². The van der Waals surface area contributed by atoms with Gasteiger partial charge in [-0.1, -0.05) is 12.1 Å². The number of carbonyl (C=O) groups excluding carboxylic acids is 1. The fourth-order valence-electron chi connectivity index (χ4n) is 2.29. The van der Waals surface area contributed by atoms with Gasteiger partial charge < -0.3 is 14.7 Å². The van der Waals surface area contributed by atoms with Crippen molar-refractivity contribution in [1.29, 1.82) is 0 Å². The maximum absolute atomic E-state index is 12.2. The molecule has 1 unspecified atom stereocenters. The van der Waals surface area contributed by atoms with Gasteiger partial charge in [0.2, 0.25) is 5.91 Å². The fraction of sp³-hybridized carbons (Fsp3) is 0.692. The minimum absolute atomic E-state index is 0.0216. The molecule has 1 aromatic rings. The average Bonchev–Trinajstić information content (AvgIpc) is 2.76. The van der Waals surface area contributed by atoms with E-state index in [9.17, 15) is 4.79 Å². The smallest absolute Gasteiger partial charge is 0.240 e. The number of likely N-dealkylation sites (tertiary alicyclic amines) is 1. The molecule has 5 nitrogen and oxygen atoms in total. The Bertz CT molecular complexity index is 403. The number of rotatable bonds is 5. The van der Waals surface area contributed by atoms with Crippen molar-refractivity contribution in [2.45, 2.75) is 45.7 Å². The van der Waals surface area contributed by atoms with Crippen LogP contribution in [0.25, 0.3) is 0 Å². The van der Waals surface area contributed by atoms with Crippen LogP contribution in [0.3, 0.4) is 0 Å². The van der Waals surface area contributed by atoms with Gasteiger partial charge in [0.1, 0.15) is 11.5 Å². The molecule has 0 spiro atoms. The molecule has 0 radical (unpaired) electrons. The van der Waals surface area contributed by atoms with Gasteiger partial charge in [-0.15, -0.1) is 0 Å². The third-order valence-corrected chi connectivity index (χ3v) is 3.20. The first-order valence-electron chi connectivity index (χ1n) is 6.65. The minimum Gasteiger partial charge on any atom is -0.361 e. The Morgan fingerprint density at radius 1 is 1.61 bits per heavy atom. The summed E-state index contributed by atoms with van der Waals surface area (Å²) >= 11 is 0. The van der Waals surface area contributed by atoms with E-state index < -0.39 is 0 Å². The average molecular weight is 251 g/mol. The summed E-state index contributed by atoms with van der Waals surface area (Å²) in [7, 11) is 0. The van der Waals surface area contributed by atoms with E-state index in [1.807, 2.05) is 17.9 Å². The quantitative estimate of drug-likeness (QED) is 0.861. The Morgan fingerprint density at radius 2 is 2.44 bits per heavy atom. The lowest BCUT2D eigenvalue weighted by Crippen LogP contribution is -2.50. The van der Waals surface area contributed by atoms with Gasteiger partial charge in [0.25, 0.3) is 0 Å². The van der Waals surface area contributed by atoms with Crippen molar-refractivity contribution in [3.8, 4) is 0 Å². The largest absolute Gasteiger partial charge is 0.361 e. The van der Waals surface area contributed by atoms with E-state index in [2.05, 4.69) is 17.4 Å². The molecule has 1 aliphatic heterocycles. The van der Waals surface area contributed by atoms with Crippen LogP contribution < -0.4 is 5.32 Å². The van der Waals surface area contributed by atoms with Gasteiger partial charge in [0.05, 0.1) is 12.6 Å². The molecule has 1 aliphatic rings. The number of aromatic nitrogens is 1. The van der Waals surface area contributed by atoms with Crippen LogP contribution in [0.1, 0.15) is 37.6 Å². The molecule has 1 amide bonds. The molecule has 0 aliphatic carbocycles. The lowest BCUT2D eigenvalue weighted by atomic mass is 10.0. The number of aryl methyl sites for hydroxylation is 1. The number of nitrogens with one attached hydrogen (secondary N) is 1. The Labute approximate surface area is 108 Å². The maximum Gasteiger partial charge on any atom is 0.240 e. The standard InChI is InChI=1S/C13H21N3O2/c1-3-6-14-12-5-4-7-16(13(12)17)9-11-8-10(2)18-15-11/h8,12,14H,3-7,9H2,1-2H3. The first-order chi connectivity index (χ1) is 8.70. The van der Waals surface area contributed by atoms with Crippen molar-refractivity contribution >= 4 is 5.91 Å². The van der Waals surface area contributed by atoms with Crippen LogP contribution in [0.2, 0.25) is 0 Å². The molecular weight excluding hydrogens is 230 g/mol. The normalized spacial score (nSPS) is 20.4. The van der Waals surface area contributed by atoms with Gasteiger partial charge in [0.15, 0.2) is 0 Å². The van der Waals surface area contributed by atoms with E-state index in [-0.39, 0.29) is 11.9 Å². The molecule has 0 aromatic carbocycles. The Kier molecular flexibility index (Phi) is 4.36. The Balaban J connectivity index is 1.93. The summed E-state index contributed by atoms with van der Waals surface area (Å²) in [5.74, 6) is 0.977. The summed E-state index contributed by atoms with van der Waals surface area (Å²) < 4.78 is 5.03. The third kappa shape index (κ3) is 3.10. The molecule has 1 atom stereocenters. The second kappa shape index (κ2) is 6.00. The van der Waals surface area contributed by atoms with E-state index >= 15 is 0 Å². The fourth-order valence-corrected chi connectivity index (χ4v) is 2.29. The first kappa shape index (κ1) is 13.1. The SMILES string of the molecule is CCCNC1CCCN(Cc2cc(C)on2)C1=O. The molecular formula is C13H21N3O2. The number of hydrogen-bond donors (Lipinski definition) is 1. The topological polar surface area (TPSA) is 58.4 Å². The highest BCUT2D eigenvalue weighted by atomic mass is 16.5. The molecule has 100 valence electrons. The number of amides is 1. The van der Waals surface area contributed by atoms with Crippen LogP contribution in [-0.4, -0.2) is 35.1 Å². The van der Waals surface area contributed by atoms with Crippen molar-refractivity contribution in [2.75, 3.05) is 13.1 Å². The van der Waals surface area contributed by atoms with Crippen molar-refractivity contribution in [3.05, 3.63) is 17.5 Å². The lowest BCUT2D eigenvalue weighted by molar-refractivity contribution is -0.136. The highest BCUT2D eigenvalue weighted by Gasteiger charge is 2.28.